The fourth-order valence-corrected chi connectivity index (χ4v) is 3.64. The molecule has 1 fully saturated rings. The molecule has 4 aromatic rings. The van der Waals surface area contributed by atoms with Crippen LogP contribution in [0.4, 0.5) is 14.6 Å². The summed E-state index contributed by atoms with van der Waals surface area (Å²) in [6.45, 7) is 2.63. The van der Waals surface area contributed by atoms with E-state index in [9.17, 15) is 8.78 Å². The number of hydrogen-bond acceptors (Lipinski definition) is 5. The van der Waals surface area contributed by atoms with Crippen LogP contribution in [0.2, 0.25) is 0 Å². The highest BCUT2D eigenvalue weighted by Crippen LogP contribution is 2.32. The second-order valence-corrected chi connectivity index (χ2v) is 7.07. The van der Waals surface area contributed by atoms with E-state index in [2.05, 4.69) is 9.88 Å². The largest absolute Gasteiger partial charge is 0.378 e. The maximum atomic E-state index is 14.4. The van der Waals surface area contributed by atoms with Crippen molar-refractivity contribution in [3.8, 4) is 22.5 Å². The standard InChI is InChI=1S/C23H18F2N4O/c24-17-4-5-18(20(25)13-17)15-3-6-21-19(12-15)23(29-8-10-30-11-9-29)28-22(27-21)16-2-1-7-26-14-16/h1-7,12-14H,8-11H2. The summed E-state index contributed by atoms with van der Waals surface area (Å²) in [5, 5.41) is 0.811. The molecule has 1 aliphatic rings. The SMILES string of the molecule is Fc1ccc(-c2ccc3nc(-c4cccnc4)nc(N4CCOCC4)c3c2)c(F)c1. The van der Waals surface area contributed by atoms with Crippen molar-refractivity contribution in [1.82, 2.24) is 15.0 Å². The van der Waals surface area contributed by atoms with Crippen LogP contribution in [-0.4, -0.2) is 41.3 Å². The van der Waals surface area contributed by atoms with Crippen molar-refractivity contribution < 1.29 is 13.5 Å². The van der Waals surface area contributed by atoms with Gasteiger partial charge in [-0.3, -0.25) is 4.98 Å². The number of anilines is 1. The summed E-state index contributed by atoms with van der Waals surface area (Å²) in [5.41, 5.74) is 2.55. The van der Waals surface area contributed by atoms with Crippen LogP contribution in [0.5, 0.6) is 0 Å². The summed E-state index contributed by atoms with van der Waals surface area (Å²) in [4.78, 5) is 15.9. The quantitative estimate of drug-likeness (QED) is 0.504. The molecular weight excluding hydrogens is 386 g/mol. The van der Waals surface area contributed by atoms with E-state index >= 15 is 0 Å². The minimum absolute atomic E-state index is 0.336. The van der Waals surface area contributed by atoms with Gasteiger partial charge in [0.2, 0.25) is 0 Å². The van der Waals surface area contributed by atoms with Gasteiger partial charge in [0.1, 0.15) is 17.5 Å². The van der Waals surface area contributed by atoms with Gasteiger partial charge in [0.25, 0.3) is 0 Å². The molecule has 0 atom stereocenters. The van der Waals surface area contributed by atoms with Crippen LogP contribution in [0.3, 0.4) is 0 Å². The highest BCUT2D eigenvalue weighted by Gasteiger charge is 2.19. The lowest BCUT2D eigenvalue weighted by atomic mass is 10.0. The molecule has 30 heavy (non-hydrogen) atoms. The van der Waals surface area contributed by atoms with Crippen molar-refractivity contribution in [2.45, 2.75) is 0 Å². The summed E-state index contributed by atoms with van der Waals surface area (Å²) in [7, 11) is 0. The Hall–Kier alpha value is -3.45. The molecule has 5 rings (SSSR count). The number of hydrogen-bond donors (Lipinski definition) is 0. The van der Waals surface area contributed by atoms with Crippen molar-refractivity contribution in [1.29, 1.82) is 0 Å². The molecule has 2 aromatic carbocycles. The van der Waals surface area contributed by atoms with E-state index in [4.69, 9.17) is 14.7 Å². The highest BCUT2D eigenvalue weighted by molar-refractivity contribution is 5.94. The lowest BCUT2D eigenvalue weighted by Gasteiger charge is -2.29. The molecule has 3 heterocycles. The molecule has 0 saturated carbocycles. The fourth-order valence-electron chi connectivity index (χ4n) is 3.64. The third-order valence-electron chi connectivity index (χ3n) is 5.15. The predicted octanol–water partition coefficient (Wildman–Crippen LogP) is 4.47. The molecule has 0 N–H and O–H groups in total. The van der Waals surface area contributed by atoms with Crippen LogP contribution in [0, 0.1) is 11.6 Å². The number of benzene rings is 2. The second-order valence-electron chi connectivity index (χ2n) is 7.07. The molecule has 0 unspecified atom stereocenters. The molecule has 0 radical (unpaired) electrons. The summed E-state index contributed by atoms with van der Waals surface area (Å²) < 4.78 is 33.2. The fraction of sp³-hybridized carbons (Fsp3) is 0.174. The van der Waals surface area contributed by atoms with Crippen molar-refractivity contribution in [3.05, 3.63) is 72.6 Å². The summed E-state index contributed by atoms with van der Waals surface area (Å²) in [5.74, 6) is 0.148. The van der Waals surface area contributed by atoms with Gasteiger partial charge in [-0.05, 0) is 42.0 Å². The number of fused-ring (bicyclic) bond motifs is 1. The highest BCUT2D eigenvalue weighted by atomic mass is 19.1. The number of morpholine rings is 1. The Morgan fingerprint density at radius 3 is 2.53 bits per heavy atom. The molecule has 7 heteroatoms. The van der Waals surface area contributed by atoms with Crippen LogP contribution >= 0.6 is 0 Å². The Morgan fingerprint density at radius 2 is 1.77 bits per heavy atom. The van der Waals surface area contributed by atoms with Gasteiger partial charge in [-0.15, -0.1) is 0 Å². The van der Waals surface area contributed by atoms with E-state index in [1.54, 1.807) is 18.5 Å². The van der Waals surface area contributed by atoms with E-state index in [-0.39, 0.29) is 0 Å². The molecule has 0 bridgehead atoms. The van der Waals surface area contributed by atoms with Crippen LogP contribution in [-0.2, 0) is 4.74 Å². The molecule has 0 amide bonds. The lowest BCUT2D eigenvalue weighted by Crippen LogP contribution is -2.37. The topological polar surface area (TPSA) is 51.1 Å². The zero-order valence-corrected chi connectivity index (χ0v) is 16.1. The maximum absolute atomic E-state index is 14.4. The van der Waals surface area contributed by atoms with Gasteiger partial charge in [-0.1, -0.05) is 6.07 Å². The first-order valence-corrected chi connectivity index (χ1v) is 9.69. The number of rotatable bonds is 3. The second kappa shape index (κ2) is 7.76. The first kappa shape index (κ1) is 18.6. The predicted molar refractivity (Wildman–Crippen MR) is 111 cm³/mol. The van der Waals surface area contributed by atoms with E-state index in [0.29, 0.717) is 43.3 Å². The first-order valence-electron chi connectivity index (χ1n) is 9.69. The van der Waals surface area contributed by atoms with Crippen LogP contribution in [0.25, 0.3) is 33.4 Å². The third kappa shape index (κ3) is 3.48. The van der Waals surface area contributed by atoms with Gasteiger partial charge in [0.15, 0.2) is 5.82 Å². The number of nitrogens with zero attached hydrogens (tertiary/aromatic N) is 4. The molecule has 2 aromatic heterocycles. The lowest BCUT2D eigenvalue weighted by molar-refractivity contribution is 0.122. The number of ether oxygens (including phenoxy) is 1. The van der Waals surface area contributed by atoms with Gasteiger partial charge in [0.05, 0.1) is 18.7 Å². The Labute approximate surface area is 172 Å². The average Bonchev–Trinajstić information content (AvgIpc) is 2.79. The van der Waals surface area contributed by atoms with Gasteiger partial charge in [-0.25, -0.2) is 18.7 Å². The van der Waals surface area contributed by atoms with Crippen molar-refractivity contribution in [2.24, 2.45) is 0 Å². The van der Waals surface area contributed by atoms with E-state index in [1.165, 1.54) is 12.1 Å². The monoisotopic (exact) mass is 404 g/mol. The molecule has 0 spiro atoms. The molecule has 0 aliphatic carbocycles. The smallest absolute Gasteiger partial charge is 0.163 e. The van der Waals surface area contributed by atoms with Crippen molar-refractivity contribution in [3.63, 3.8) is 0 Å². The Morgan fingerprint density at radius 1 is 0.900 bits per heavy atom. The zero-order valence-electron chi connectivity index (χ0n) is 16.1. The minimum Gasteiger partial charge on any atom is -0.378 e. The van der Waals surface area contributed by atoms with Gasteiger partial charge < -0.3 is 9.64 Å². The Kier molecular flexibility index (Phi) is 4.80. The molecule has 1 aliphatic heterocycles. The minimum atomic E-state index is -0.602. The third-order valence-corrected chi connectivity index (χ3v) is 5.15. The molecule has 1 saturated heterocycles. The number of aromatic nitrogens is 3. The molecule has 150 valence electrons. The average molecular weight is 404 g/mol. The van der Waals surface area contributed by atoms with Crippen LogP contribution in [0.15, 0.2) is 60.9 Å². The maximum Gasteiger partial charge on any atom is 0.163 e. The zero-order chi connectivity index (χ0) is 20.5. The van der Waals surface area contributed by atoms with Crippen LogP contribution < -0.4 is 4.90 Å². The molecule has 5 nitrogen and oxygen atoms in total. The van der Waals surface area contributed by atoms with Crippen molar-refractivity contribution >= 4 is 16.7 Å². The normalized spacial score (nSPS) is 14.3. The van der Waals surface area contributed by atoms with Crippen molar-refractivity contribution in [2.75, 3.05) is 31.2 Å². The Bertz CT molecular complexity index is 1210. The van der Waals surface area contributed by atoms with E-state index in [0.717, 1.165) is 28.4 Å². The van der Waals surface area contributed by atoms with E-state index in [1.807, 2.05) is 24.3 Å². The number of pyridine rings is 1. The Balaban J connectivity index is 1.70. The molecular formula is C23H18F2N4O. The van der Waals surface area contributed by atoms with E-state index < -0.39 is 11.6 Å². The van der Waals surface area contributed by atoms with Gasteiger partial charge in [-0.2, -0.15) is 0 Å². The summed E-state index contributed by atoms with van der Waals surface area (Å²) in [6.07, 6.45) is 3.43. The van der Waals surface area contributed by atoms with Gasteiger partial charge >= 0.3 is 0 Å². The summed E-state index contributed by atoms with van der Waals surface area (Å²) >= 11 is 0. The number of halogens is 2. The van der Waals surface area contributed by atoms with Gasteiger partial charge in [0, 0.05) is 48.1 Å². The first-order chi connectivity index (χ1) is 14.7. The van der Waals surface area contributed by atoms with Crippen LogP contribution in [0.1, 0.15) is 0 Å². The summed E-state index contributed by atoms with van der Waals surface area (Å²) in [6, 6.07) is 12.9.